The van der Waals surface area contributed by atoms with Crippen molar-refractivity contribution >= 4 is 11.6 Å². The highest BCUT2D eigenvalue weighted by Crippen LogP contribution is 2.32. The van der Waals surface area contributed by atoms with Crippen molar-refractivity contribution in [1.82, 2.24) is 5.32 Å². The molecular weight excluding hydrogens is 247 g/mol. The van der Waals surface area contributed by atoms with E-state index in [1.807, 2.05) is 4.90 Å². The van der Waals surface area contributed by atoms with Crippen LogP contribution in [0.2, 0.25) is 0 Å². The fourth-order valence-corrected chi connectivity index (χ4v) is 2.62. The molecule has 2 atom stereocenters. The molecule has 1 aromatic rings. The van der Waals surface area contributed by atoms with Crippen molar-refractivity contribution in [2.45, 2.75) is 31.9 Å². The molecule has 1 aliphatic heterocycles. The number of anilines is 1. The van der Waals surface area contributed by atoms with E-state index in [-0.39, 0.29) is 17.8 Å². The molecule has 19 heavy (non-hydrogen) atoms. The maximum absolute atomic E-state index is 13.3. The molecule has 0 bridgehead atoms. The topological polar surface area (TPSA) is 52.6 Å². The molecule has 2 rings (SSSR count). The second kappa shape index (κ2) is 5.57. The average molecular weight is 266 g/mol. The number of aliphatic hydroxyl groups excluding tert-OH is 1. The lowest BCUT2D eigenvalue weighted by molar-refractivity contribution is -0.121. The van der Waals surface area contributed by atoms with Gasteiger partial charge in [-0.25, -0.2) is 4.39 Å². The highest BCUT2D eigenvalue weighted by atomic mass is 19.1. The molecule has 1 heterocycles. The third-order valence-electron chi connectivity index (χ3n) is 3.55. The number of likely N-dealkylation sites (N-methyl/N-ethyl adjacent to an activating group) is 1. The van der Waals surface area contributed by atoms with E-state index in [1.54, 1.807) is 20.0 Å². The summed E-state index contributed by atoms with van der Waals surface area (Å²) in [6, 6.07) is 4.09. The van der Waals surface area contributed by atoms with E-state index in [4.69, 9.17) is 0 Å². The zero-order valence-corrected chi connectivity index (χ0v) is 11.2. The normalized spacial score (nSPS) is 20.4. The number of carbonyl (C=O) groups is 1. The molecule has 4 nitrogen and oxygen atoms in total. The summed E-state index contributed by atoms with van der Waals surface area (Å²) in [6.45, 7) is 2.34. The van der Waals surface area contributed by atoms with Gasteiger partial charge in [-0.1, -0.05) is 0 Å². The zero-order chi connectivity index (χ0) is 14.0. The van der Waals surface area contributed by atoms with Crippen LogP contribution in [-0.4, -0.2) is 30.6 Å². The van der Waals surface area contributed by atoms with Gasteiger partial charge in [0.2, 0.25) is 5.91 Å². The molecule has 1 saturated heterocycles. The zero-order valence-electron chi connectivity index (χ0n) is 11.2. The Labute approximate surface area is 112 Å². The van der Waals surface area contributed by atoms with Crippen LogP contribution in [0.25, 0.3) is 0 Å². The van der Waals surface area contributed by atoms with Gasteiger partial charge >= 0.3 is 0 Å². The van der Waals surface area contributed by atoms with Crippen molar-refractivity contribution in [3.8, 4) is 0 Å². The minimum atomic E-state index is -0.767. The van der Waals surface area contributed by atoms with Crippen LogP contribution in [0.3, 0.4) is 0 Å². The molecule has 104 valence electrons. The minimum absolute atomic E-state index is 0.0432. The van der Waals surface area contributed by atoms with E-state index in [9.17, 15) is 14.3 Å². The van der Waals surface area contributed by atoms with Gasteiger partial charge in [0.05, 0.1) is 6.10 Å². The van der Waals surface area contributed by atoms with Crippen LogP contribution in [0.15, 0.2) is 18.2 Å². The second-order valence-corrected chi connectivity index (χ2v) is 4.84. The van der Waals surface area contributed by atoms with E-state index in [2.05, 4.69) is 5.32 Å². The summed E-state index contributed by atoms with van der Waals surface area (Å²) in [5, 5.41) is 12.4. The summed E-state index contributed by atoms with van der Waals surface area (Å²) in [5.74, 6) is -0.422. The molecule has 0 radical (unpaired) electrons. The Bertz CT molecular complexity index is 477. The van der Waals surface area contributed by atoms with E-state index < -0.39 is 6.10 Å². The summed E-state index contributed by atoms with van der Waals surface area (Å²) in [5.41, 5.74) is 1.26. The van der Waals surface area contributed by atoms with E-state index in [0.717, 1.165) is 25.1 Å². The number of hydrogen-bond acceptors (Lipinski definition) is 3. The summed E-state index contributed by atoms with van der Waals surface area (Å²) >= 11 is 0. The van der Waals surface area contributed by atoms with Crippen LogP contribution >= 0.6 is 0 Å². The van der Waals surface area contributed by atoms with Gasteiger partial charge in [-0.3, -0.25) is 4.79 Å². The summed E-state index contributed by atoms with van der Waals surface area (Å²) in [6.07, 6.45) is 0.919. The van der Waals surface area contributed by atoms with Crippen LogP contribution in [0.1, 0.15) is 31.4 Å². The first kappa shape index (κ1) is 13.8. The lowest BCUT2D eigenvalue weighted by Crippen LogP contribution is -2.42. The molecule has 2 N–H and O–H groups in total. The van der Waals surface area contributed by atoms with Gasteiger partial charge in [0, 0.05) is 24.8 Å². The quantitative estimate of drug-likeness (QED) is 0.873. The summed E-state index contributed by atoms with van der Waals surface area (Å²) in [4.78, 5) is 13.8. The Morgan fingerprint density at radius 2 is 2.32 bits per heavy atom. The SMILES string of the molecule is CNC(=O)C1CCCN1c1ccc(F)cc1[C@H](C)O. The molecule has 5 heteroatoms. The van der Waals surface area contributed by atoms with Gasteiger partial charge in [-0.05, 0) is 38.0 Å². The lowest BCUT2D eigenvalue weighted by Gasteiger charge is -2.28. The van der Waals surface area contributed by atoms with Crippen LogP contribution in [0, 0.1) is 5.82 Å². The number of hydrogen-bond donors (Lipinski definition) is 2. The number of nitrogens with one attached hydrogen (secondary N) is 1. The molecule has 0 saturated carbocycles. The van der Waals surface area contributed by atoms with Crippen LogP contribution in [-0.2, 0) is 4.79 Å². The first-order valence-corrected chi connectivity index (χ1v) is 6.50. The first-order chi connectivity index (χ1) is 9.04. The Morgan fingerprint density at radius 1 is 1.58 bits per heavy atom. The predicted molar refractivity (Wildman–Crippen MR) is 71.5 cm³/mol. The van der Waals surface area contributed by atoms with Crippen molar-refractivity contribution < 1.29 is 14.3 Å². The highest BCUT2D eigenvalue weighted by Gasteiger charge is 2.31. The van der Waals surface area contributed by atoms with E-state index >= 15 is 0 Å². The molecule has 1 amide bonds. The summed E-state index contributed by atoms with van der Waals surface area (Å²) < 4.78 is 13.3. The third kappa shape index (κ3) is 2.71. The van der Waals surface area contributed by atoms with Gasteiger partial charge in [-0.2, -0.15) is 0 Å². The third-order valence-corrected chi connectivity index (χ3v) is 3.55. The number of rotatable bonds is 3. The molecular formula is C14H19FN2O2. The van der Waals surface area contributed by atoms with Crippen molar-refractivity contribution in [3.05, 3.63) is 29.6 Å². The fraction of sp³-hybridized carbons (Fsp3) is 0.500. The maximum Gasteiger partial charge on any atom is 0.242 e. The number of aliphatic hydroxyl groups is 1. The standard InChI is InChI=1S/C14H19FN2O2/c1-9(18)11-8-10(15)5-6-12(11)17-7-3-4-13(17)14(19)16-2/h5-6,8-9,13,18H,3-4,7H2,1-2H3,(H,16,19)/t9-,13?/m0/s1. The largest absolute Gasteiger partial charge is 0.389 e. The molecule has 1 unspecified atom stereocenters. The predicted octanol–water partition coefficient (Wildman–Crippen LogP) is 1.59. The fourth-order valence-electron chi connectivity index (χ4n) is 2.62. The average Bonchev–Trinajstić information content (AvgIpc) is 2.86. The van der Waals surface area contributed by atoms with Crippen molar-refractivity contribution in [2.24, 2.45) is 0 Å². The van der Waals surface area contributed by atoms with Gasteiger partial charge in [0.25, 0.3) is 0 Å². The maximum atomic E-state index is 13.3. The lowest BCUT2D eigenvalue weighted by atomic mass is 10.1. The van der Waals surface area contributed by atoms with Crippen LogP contribution in [0.4, 0.5) is 10.1 Å². The monoisotopic (exact) mass is 266 g/mol. The first-order valence-electron chi connectivity index (χ1n) is 6.50. The summed E-state index contributed by atoms with van der Waals surface area (Å²) in [7, 11) is 1.61. The Hall–Kier alpha value is -1.62. The Morgan fingerprint density at radius 3 is 2.95 bits per heavy atom. The highest BCUT2D eigenvalue weighted by molar-refractivity contribution is 5.86. The van der Waals surface area contributed by atoms with Crippen molar-refractivity contribution in [1.29, 1.82) is 0 Å². The molecule has 0 aromatic heterocycles. The number of amides is 1. The smallest absolute Gasteiger partial charge is 0.242 e. The van der Waals surface area contributed by atoms with Crippen molar-refractivity contribution in [2.75, 3.05) is 18.5 Å². The molecule has 0 spiro atoms. The van der Waals surface area contributed by atoms with Crippen molar-refractivity contribution in [3.63, 3.8) is 0 Å². The molecule has 1 aromatic carbocycles. The number of nitrogens with zero attached hydrogens (tertiary/aromatic N) is 1. The molecule has 1 fully saturated rings. The Kier molecular flexibility index (Phi) is 4.04. The minimum Gasteiger partial charge on any atom is -0.389 e. The second-order valence-electron chi connectivity index (χ2n) is 4.84. The van der Waals surface area contributed by atoms with Crippen LogP contribution < -0.4 is 10.2 Å². The van der Waals surface area contributed by atoms with Gasteiger partial charge < -0.3 is 15.3 Å². The number of halogens is 1. The number of carbonyl (C=O) groups excluding carboxylic acids is 1. The number of benzene rings is 1. The van der Waals surface area contributed by atoms with Gasteiger partial charge in [0.15, 0.2) is 0 Å². The van der Waals surface area contributed by atoms with Gasteiger partial charge in [0.1, 0.15) is 11.9 Å². The molecule has 1 aliphatic rings. The molecule has 0 aliphatic carbocycles. The van der Waals surface area contributed by atoms with E-state index in [1.165, 1.54) is 12.1 Å². The van der Waals surface area contributed by atoms with E-state index in [0.29, 0.717) is 5.56 Å². The van der Waals surface area contributed by atoms with Gasteiger partial charge in [-0.15, -0.1) is 0 Å². The van der Waals surface area contributed by atoms with Crippen LogP contribution in [0.5, 0.6) is 0 Å². The Balaban J connectivity index is 2.38.